The van der Waals surface area contributed by atoms with Crippen molar-refractivity contribution in [3.05, 3.63) is 42.0 Å². The summed E-state index contributed by atoms with van der Waals surface area (Å²) < 4.78 is 52.2. The van der Waals surface area contributed by atoms with Gasteiger partial charge in [-0.15, -0.1) is 11.3 Å². The molecule has 0 atom stereocenters. The van der Waals surface area contributed by atoms with Crippen molar-refractivity contribution in [3.8, 4) is 10.4 Å². The first-order chi connectivity index (χ1) is 13.7. The summed E-state index contributed by atoms with van der Waals surface area (Å²) in [6.07, 6.45) is 1.14. The Morgan fingerprint density at radius 3 is 2.41 bits per heavy atom. The predicted octanol–water partition coefficient (Wildman–Crippen LogP) is 3.97. The van der Waals surface area contributed by atoms with Crippen molar-refractivity contribution >= 4 is 32.4 Å². The highest BCUT2D eigenvalue weighted by atomic mass is 32.2. The second kappa shape index (κ2) is 8.76. The number of amides is 2. The second-order valence-electron chi connectivity index (χ2n) is 6.89. The molecule has 0 radical (unpaired) electrons. The topological polar surface area (TPSA) is 69.7 Å². The number of hydrogen-bond donors (Lipinski definition) is 1. The highest BCUT2D eigenvalue weighted by Gasteiger charge is 2.30. The molecule has 0 spiro atoms. The molecule has 158 valence electrons. The lowest BCUT2D eigenvalue weighted by molar-refractivity contribution is 0.174. The third-order valence-electron chi connectivity index (χ3n) is 5.03. The lowest BCUT2D eigenvalue weighted by atomic mass is 10.1. The number of carbonyl (C=O) groups excluding carboxylic acids is 1. The monoisotopic (exact) mass is 443 g/mol. The SMILES string of the molecule is CCS(=O)(=O)N1CCC(N(C)C(=O)Nc2ccc(-c3cc(F)cc(F)c3)s2)CC1. The highest BCUT2D eigenvalue weighted by molar-refractivity contribution is 7.89. The first-order valence-corrected chi connectivity index (χ1v) is 11.7. The van der Waals surface area contributed by atoms with Gasteiger partial charge in [0.1, 0.15) is 11.6 Å². The smallest absolute Gasteiger partial charge is 0.322 e. The number of urea groups is 1. The van der Waals surface area contributed by atoms with Crippen molar-refractivity contribution in [3.63, 3.8) is 0 Å². The number of thiophene rings is 1. The molecule has 1 aromatic carbocycles. The molecule has 1 aromatic heterocycles. The number of nitrogens with zero attached hydrogens (tertiary/aromatic N) is 2. The van der Waals surface area contributed by atoms with Crippen LogP contribution in [0, 0.1) is 11.6 Å². The molecule has 1 fully saturated rings. The van der Waals surface area contributed by atoms with Gasteiger partial charge in [0.15, 0.2) is 0 Å². The normalized spacial score (nSPS) is 16.0. The Labute approximate surface area is 173 Å². The van der Waals surface area contributed by atoms with Crippen molar-refractivity contribution < 1.29 is 22.0 Å². The van der Waals surface area contributed by atoms with E-state index in [9.17, 15) is 22.0 Å². The largest absolute Gasteiger partial charge is 0.324 e. The van der Waals surface area contributed by atoms with Crippen LogP contribution in [-0.2, 0) is 10.0 Å². The minimum absolute atomic E-state index is 0.0601. The number of benzene rings is 1. The van der Waals surface area contributed by atoms with Crippen molar-refractivity contribution in [1.29, 1.82) is 0 Å². The average molecular weight is 444 g/mol. The van der Waals surface area contributed by atoms with Crippen LogP contribution >= 0.6 is 11.3 Å². The predicted molar refractivity (Wildman–Crippen MR) is 111 cm³/mol. The zero-order chi connectivity index (χ0) is 21.2. The maximum Gasteiger partial charge on any atom is 0.322 e. The van der Waals surface area contributed by atoms with E-state index < -0.39 is 21.7 Å². The van der Waals surface area contributed by atoms with Gasteiger partial charge in [-0.05, 0) is 49.6 Å². The van der Waals surface area contributed by atoms with Gasteiger partial charge in [-0.3, -0.25) is 5.32 Å². The molecule has 3 rings (SSSR count). The molecule has 1 aliphatic heterocycles. The van der Waals surface area contributed by atoms with E-state index in [4.69, 9.17) is 0 Å². The van der Waals surface area contributed by atoms with Crippen LogP contribution in [0.1, 0.15) is 19.8 Å². The van der Waals surface area contributed by atoms with Gasteiger partial charge in [0.2, 0.25) is 10.0 Å². The molecule has 0 saturated carbocycles. The molecule has 2 aromatic rings. The maximum absolute atomic E-state index is 13.4. The van der Waals surface area contributed by atoms with E-state index >= 15 is 0 Å². The van der Waals surface area contributed by atoms with Gasteiger partial charge in [0, 0.05) is 37.1 Å². The molecule has 1 N–H and O–H groups in total. The molecule has 0 unspecified atom stereocenters. The molecular formula is C19H23F2N3O3S2. The summed E-state index contributed by atoms with van der Waals surface area (Å²) in [5, 5.41) is 3.36. The van der Waals surface area contributed by atoms with Crippen LogP contribution in [0.5, 0.6) is 0 Å². The van der Waals surface area contributed by atoms with Crippen molar-refractivity contribution in [2.75, 3.05) is 31.2 Å². The number of anilines is 1. The fraction of sp³-hybridized carbons (Fsp3) is 0.421. The number of carbonyl (C=O) groups is 1. The number of hydrogen-bond acceptors (Lipinski definition) is 4. The van der Waals surface area contributed by atoms with E-state index in [0.29, 0.717) is 41.4 Å². The van der Waals surface area contributed by atoms with Crippen LogP contribution in [0.15, 0.2) is 30.3 Å². The molecule has 1 saturated heterocycles. The minimum atomic E-state index is -3.21. The van der Waals surface area contributed by atoms with Crippen LogP contribution in [0.2, 0.25) is 0 Å². The van der Waals surface area contributed by atoms with Gasteiger partial charge in [-0.2, -0.15) is 0 Å². The van der Waals surface area contributed by atoms with E-state index in [1.807, 2.05) is 0 Å². The van der Waals surface area contributed by atoms with Crippen molar-refractivity contribution in [2.45, 2.75) is 25.8 Å². The minimum Gasteiger partial charge on any atom is -0.324 e. The van der Waals surface area contributed by atoms with Crippen LogP contribution in [0.3, 0.4) is 0 Å². The number of piperidine rings is 1. The number of rotatable bonds is 5. The Morgan fingerprint density at radius 2 is 1.83 bits per heavy atom. The Hall–Kier alpha value is -2.04. The van der Waals surface area contributed by atoms with Gasteiger partial charge in [-0.1, -0.05) is 0 Å². The molecule has 2 heterocycles. The van der Waals surface area contributed by atoms with Gasteiger partial charge < -0.3 is 4.90 Å². The number of sulfonamides is 1. The highest BCUT2D eigenvalue weighted by Crippen LogP contribution is 2.32. The standard InChI is InChI=1S/C19H23F2N3O3S2/c1-3-29(26,27)24-8-6-16(7-9-24)23(2)19(25)22-18-5-4-17(28-18)13-10-14(20)12-15(21)11-13/h4-5,10-12,16H,3,6-9H2,1-2H3,(H,22,25). The summed E-state index contributed by atoms with van der Waals surface area (Å²) in [6.45, 7) is 2.41. The van der Waals surface area contributed by atoms with Gasteiger partial charge in [0.25, 0.3) is 0 Å². The van der Waals surface area contributed by atoms with Crippen LogP contribution in [0.4, 0.5) is 18.6 Å². The van der Waals surface area contributed by atoms with Crippen LogP contribution < -0.4 is 5.32 Å². The van der Waals surface area contributed by atoms with Gasteiger partial charge in [0.05, 0.1) is 10.8 Å². The quantitative estimate of drug-likeness (QED) is 0.760. The average Bonchev–Trinajstić information content (AvgIpc) is 3.15. The zero-order valence-electron chi connectivity index (χ0n) is 16.2. The van der Waals surface area contributed by atoms with Crippen LogP contribution in [-0.4, -0.2) is 55.6 Å². The molecule has 2 amide bonds. The second-order valence-corrected chi connectivity index (χ2v) is 10.2. The number of halogens is 2. The fourth-order valence-corrected chi connectivity index (χ4v) is 5.32. The Bertz CT molecular complexity index is 966. The van der Waals surface area contributed by atoms with Crippen molar-refractivity contribution in [1.82, 2.24) is 9.21 Å². The Balaban J connectivity index is 1.60. The third-order valence-corrected chi connectivity index (χ3v) is 7.96. The maximum atomic E-state index is 13.4. The zero-order valence-corrected chi connectivity index (χ0v) is 17.8. The molecule has 0 bridgehead atoms. The number of nitrogens with one attached hydrogen (secondary N) is 1. The van der Waals surface area contributed by atoms with Crippen molar-refractivity contribution in [2.24, 2.45) is 0 Å². The molecular weight excluding hydrogens is 420 g/mol. The molecule has 0 aliphatic carbocycles. The lowest BCUT2D eigenvalue weighted by Gasteiger charge is -2.35. The fourth-order valence-electron chi connectivity index (χ4n) is 3.31. The molecule has 10 heteroatoms. The summed E-state index contributed by atoms with van der Waals surface area (Å²) in [6, 6.07) is 6.31. The van der Waals surface area contributed by atoms with Gasteiger partial charge >= 0.3 is 6.03 Å². The van der Waals surface area contributed by atoms with Crippen LogP contribution in [0.25, 0.3) is 10.4 Å². The third kappa shape index (κ3) is 5.12. The van der Waals surface area contributed by atoms with E-state index in [-0.39, 0.29) is 17.8 Å². The first-order valence-electron chi connectivity index (χ1n) is 9.27. The van der Waals surface area contributed by atoms with E-state index in [2.05, 4.69) is 5.32 Å². The van der Waals surface area contributed by atoms with E-state index in [1.165, 1.54) is 27.8 Å². The summed E-state index contributed by atoms with van der Waals surface area (Å²) >= 11 is 1.22. The summed E-state index contributed by atoms with van der Waals surface area (Å²) in [5.41, 5.74) is 0.408. The molecule has 29 heavy (non-hydrogen) atoms. The van der Waals surface area contributed by atoms with E-state index in [1.54, 1.807) is 31.0 Å². The van der Waals surface area contributed by atoms with E-state index in [0.717, 1.165) is 6.07 Å². The summed E-state index contributed by atoms with van der Waals surface area (Å²) in [4.78, 5) is 14.8. The van der Waals surface area contributed by atoms with Gasteiger partial charge in [-0.25, -0.2) is 26.3 Å². The Kier molecular flexibility index (Phi) is 6.55. The Morgan fingerprint density at radius 1 is 1.21 bits per heavy atom. The lowest BCUT2D eigenvalue weighted by Crippen LogP contribution is -2.48. The molecule has 1 aliphatic rings. The first kappa shape index (κ1) is 21.7. The molecule has 6 nitrogen and oxygen atoms in total. The summed E-state index contributed by atoms with van der Waals surface area (Å²) in [5.74, 6) is -1.24. The summed E-state index contributed by atoms with van der Waals surface area (Å²) in [7, 11) is -1.53.